The quantitative estimate of drug-likeness (QED) is 0.720. The van der Waals surface area contributed by atoms with Crippen LogP contribution in [0.3, 0.4) is 0 Å². The number of aromatic nitrogens is 1. The molecule has 0 aliphatic carbocycles. The molecule has 3 rings (SSSR count). The number of hydrogen-bond acceptors (Lipinski definition) is 4. The van der Waals surface area contributed by atoms with E-state index in [1.54, 1.807) is 0 Å². The van der Waals surface area contributed by atoms with E-state index in [2.05, 4.69) is 4.98 Å². The number of carboxylic acids is 1. The average molecular weight is 272 g/mol. The van der Waals surface area contributed by atoms with Gasteiger partial charge in [-0.15, -0.1) is 11.3 Å². The Morgan fingerprint density at radius 3 is 2.79 bits per heavy atom. The minimum Gasteiger partial charge on any atom is -0.545 e. The maximum Gasteiger partial charge on any atom is 0.123 e. The van der Waals surface area contributed by atoms with Crippen LogP contribution in [0.2, 0.25) is 0 Å². The molecule has 0 fully saturated rings. The molecule has 2 heterocycles. The summed E-state index contributed by atoms with van der Waals surface area (Å²) < 4.78 is 13.2. The molecule has 0 saturated heterocycles. The molecule has 3 aromatic rings. The number of thiophene rings is 1. The van der Waals surface area contributed by atoms with E-state index >= 15 is 0 Å². The van der Waals surface area contributed by atoms with Crippen LogP contribution in [-0.4, -0.2) is 11.0 Å². The summed E-state index contributed by atoms with van der Waals surface area (Å²) in [5.41, 5.74) is 0.938. The zero-order valence-corrected chi connectivity index (χ0v) is 10.4. The molecule has 3 nitrogen and oxygen atoms in total. The fourth-order valence-corrected chi connectivity index (χ4v) is 2.60. The molecule has 0 radical (unpaired) electrons. The number of halogens is 1. The number of rotatable bonds is 2. The summed E-state index contributed by atoms with van der Waals surface area (Å²) in [5, 5.41) is 13.3. The normalized spacial score (nSPS) is 10.8. The van der Waals surface area contributed by atoms with Crippen LogP contribution >= 0.6 is 11.3 Å². The SMILES string of the molecule is O=C([O-])c1cc(-c2cccs2)nc2ccc(F)cc12. The van der Waals surface area contributed by atoms with E-state index in [4.69, 9.17) is 0 Å². The zero-order valence-electron chi connectivity index (χ0n) is 9.59. The Labute approximate surface area is 112 Å². The van der Waals surface area contributed by atoms with Crippen molar-refractivity contribution in [2.45, 2.75) is 0 Å². The highest BCUT2D eigenvalue weighted by atomic mass is 32.1. The number of hydrogen-bond donors (Lipinski definition) is 0. The van der Waals surface area contributed by atoms with Crippen LogP contribution in [0, 0.1) is 5.82 Å². The van der Waals surface area contributed by atoms with Crippen LogP contribution in [0.15, 0.2) is 41.8 Å². The highest BCUT2D eigenvalue weighted by molar-refractivity contribution is 7.13. The van der Waals surface area contributed by atoms with Gasteiger partial charge in [-0.3, -0.25) is 0 Å². The van der Waals surface area contributed by atoms with E-state index in [-0.39, 0.29) is 10.9 Å². The Hall–Kier alpha value is -2.27. The van der Waals surface area contributed by atoms with Gasteiger partial charge in [-0.2, -0.15) is 0 Å². The third kappa shape index (κ3) is 2.08. The summed E-state index contributed by atoms with van der Waals surface area (Å²) in [6.45, 7) is 0. The molecular weight excluding hydrogens is 265 g/mol. The van der Waals surface area contributed by atoms with E-state index in [1.807, 2.05) is 17.5 Å². The van der Waals surface area contributed by atoms with E-state index in [9.17, 15) is 14.3 Å². The Morgan fingerprint density at radius 1 is 1.26 bits per heavy atom. The molecule has 0 atom stereocenters. The van der Waals surface area contributed by atoms with Gasteiger partial charge in [0.1, 0.15) is 5.82 Å². The molecule has 0 amide bonds. The minimum absolute atomic E-state index is 0.0482. The number of carbonyl (C=O) groups is 1. The molecular formula is C14H7FNO2S-. The van der Waals surface area contributed by atoms with Gasteiger partial charge in [-0.1, -0.05) is 6.07 Å². The maximum atomic E-state index is 13.2. The second-order valence-corrected chi connectivity index (χ2v) is 4.93. The van der Waals surface area contributed by atoms with Crippen molar-refractivity contribution in [2.24, 2.45) is 0 Å². The monoisotopic (exact) mass is 272 g/mol. The standard InChI is InChI=1S/C14H8FNO2S/c15-8-3-4-11-9(6-8)10(14(17)18)7-12(16-11)13-2-1-5-19-13/h1-7H,(H,17,18)/p-1. The molecule has 0 spiro atoms. The molecule has 0 bridgehead atoms. The van der Waals surface area contributed by atoms with Crippen molar-refractivity contribution in [3.63, 3.8) is 0 Å². The smallest absolute Gasteiger partial charge is 0.123 e. The zero-order chi connectivity index (χ0) is 13.4. The molecule has 0 N–H and O–H groups in total. The summed E-state index contributed by atoms with van der Waals surface area (Å²) in [6.07, 6.45) is 0. The summed E-state index contributed by atoms with van der Waals surface area (Å²) in [5.74, 6) is -1.84. The van der Waals surface area contributed by atoms with Gasteiger partial charge in [0.25, 0.3) is 0 Å². The maximum absolute atomic E-state index is 13.2. The first kappa shape index (κ1) is 11.8. The Balaban J connectivity index is 2.34. The van der Waals surface area contributed by atoms with Crippen molar-refractivity contribution in [3.8, 4) is 10.6 Å². The lowest BCUT2D eigenvalue weighted by atomic mass is 10.1. The molecule has 94 valence electrons. The molecule has 1 aromatic carbocycles. The number of pyridine rings is 1. The molecule has 19 heavy (non-hydrogen) atoms. The van der Waals surface area contributed by atoms with Crippen LogP contribution in [0.25, 0.3) is 21.5 Å². The topological polar surface area (TPSA) is 53.0 Å². The highest BCUT2D eigenvalue weighted by Crippen LogP contribution is 2.27. The van der Waals surface area contributed by atoms with E-state index in [1.165, 1.54) is 29.5 Å². The molecule has 5 heteroatoms. The fourth-order valence-electron chi connectivity index (χ4n) is 1.92. The first-order valence-electron chi connectivity index (χ1n) is 5.50. The number of carboxylic acid groups (broad SMARTS) is 1. The fraction of sp³-hybridized carbons (Fsp3) is 0. The minimum atomic E-state index is -1.34. The van der Waals surface area contributed by atoms with Gasteiger partial charge in [0.15, 0.2) is 0 Å². The predicted molar refractivity (Wildman–Crippen MR) is 69.3 cm³/mol. The Morgan fingerprint density at radius 2 is 2.11 bits per heavy atom. The van der Waals surface area contributed by atoms with Crippen molar-refractivity contribution in [1.82, 2.24) is 4.98 Å². The number of carbonyl (C=O) groups excluding carboxylic acids is 1. The molecule has 0 aliphatic heterocycles. The van der Waals surface area contributed by atoms with Gasteiger partial charge in [0.05, 0.1) is 22.1 Å². The molecule has 2 aromatic heterocycles. The summed E-state index contributed by atoms with van der Waals surface area (Å²) in [6, 6.07) is 9.01. The number of benzene rings is 1. The first-order valence-corrected chi connectivity index (χ1v) is 6.38. The van der Waals surface area contributed by atoms with Crippen LogP contribution in [-0.2, 0) is 0 Å². The van der Waals surface area contributed by atoms with Crippen molar-refractivity contribution in [3.05, 3.63) is 53.2 Å². The van der Waals surface area contributed by atoms with Gasteiger partial charge in [0.2, 0.25) is 0 Å². The highest BCUT2D eigenvalue weighted by Gasteiger charge is 2.09. The van der Waals surface area contributed by atoms with E-state index in [0.717, 1.165) is 10.9 Å². The van der Waals surface area contributed by atoms with Crippen molar-refractivity contribution < 1.29 is 14.3 Å². The lowest BCUT2D eigenvalue weighted by Crippen LogP contribution is -2.22. The number of fused-ring (bicyclic) bond motifs is 1. The van der Waals surface area contributed by atoms with Gasteiger partial charge >= 0.3 is 0 Å². The van der Waals surface area contributed by atoms with Gasteiger partial charge in [-0.05, 0) is 35.7 Å². The van der Waals surface area contributed by atoms with Gasteiger partial charge in [0, 0.05) is 10.9 Å². The van der Waals surface area contributed by atoms with Gasteiger partial charge < -0.3 is 9.90 Å². The number of nitrogens with zero attached hydrogens (tertiary/aromatic N) is 1. The summed E-state index contributed by atoms with van der Waals surface area (Å²) >= 11 is 1.46. The first-order chi connectivity index (χ1) is 9.15. The van der Waals surface area contributed by atoms with Gasteiger partial charge in [-0.25, -0.2) is 9.37 Å². The second kappa shape index (κ2) is 4.44. The summed E-state index contributed by atoms with van der Waals surface area (Å²) in [4.78, 5) is 16.4. The lowest BCUT2D eigenvalue weighted by molar-refractivity contribution is -0.254. The Kier molecular flexibility index (Phi) is 2.76. The van der Waals surface area contributed by atoms with E-state index < -0.39 is 11.8 Å². The molecule has 0 aliphatic rings. The second-order valence-electron chi connectivity index (χ2n) is 3.98. The predicted octanol–water partition coefficient (Wildman–Crippen LogP) is 2.47. The number of aromatic carboxylic acids is 1. The average Bonchev–Trinajstić information content (AvgIpc) is 2.91. The van der Waals surface area contributed by atoms with E-state index in [0.29, 0.717) is 11.2 Å². The van der Waals surface area contributed by atoms with Crippen LogP contribution in [0.1, 0.15) is 10.4 Å². The third-order valence-electron chi connectivity index (χ3n) is 2.76. The van der Waals surface area contributed by atoms with Crippen molar-refractivity contribution >= 4 is 28.2 Å². The lowest BCUT2D eigenvalue weighted by Gasteiger charge is -2.09. The summed E-state index contributed by atoms with van der Waals surface area (Å²) in [7, 11) is 0. The largest absolute Gasteiger partial charge is 0.545 e. The van der Waals surface area contributed by atoms with Crippen molar-refractivity contribution in [2.75, 3.05) is 0 Å². The van der Waals surface area contributed by atoms with Crippen LogP contribution < -0.4 is 5.11 Å². The van der Waals surface area contributed by atoms with Crippen molar-refractivity contribution in [1.29, 1.82) is 0 Å². The third-order valence-corrected chi connectivity index (χ3v) is 3.66. The van der Waals surface area contributed by atoms with Crippen LogP contribution in [0.4, 0.5) is 4.39 Å². The Bertz CT molecular complexity index is 768. The molecule has 0 unspecified atom stereocenters. The molecule has 0 saturated carbocycles. The van der Waals surface area contributed by atoms with Crippen LogP contribution in [0.5, 0.6) is 0 Å².